The van der Waals surface area contributed by atoms with Gasteiger partial charge in [0.1, 0.15) is 12.6 Å². The average Bonchev–Trinajstić information content (AvgIpc) is 2.78. The zero-order chi connectivity index (χ0) is 24.6. The predicted octanol–water partition coefficient (Wildman–Crippen LogP) is 6.61. The molecule has 0 aromatic heterocycles. The first kappa shape index (κ1) is 32.5. The number of rotatable bonds is 24. The molecular formula is C27H57ClN3O2+. The quantitative estimate of drug-likeness (QED) is 0.0809. The van der Waals surface area contributed by atoms with Crippen LogP contribution in [0.3, 0.4) is 0 Å². The van der Waals surface area contributed by atoms with Crippen LogP contribution in [0.25, 0.3) is 0 Å². The minimum absolute atomic E-state index is 0.0675. The summed E-state index contributed by atoms with van der Waals surface area (Å²) >= 11 is 5.68. The highest BCUT2D eigenvalue weighted by molar-refractivity contribution is 6.18. The molecule has 6 heteroatoms. The lowest BCUT2D eigenvalue weighted by Gasteiger charge is -2.31. The van der Waals surface area contributed by atoms with Gasteiger partial charge in [-0.3, -0.25) is 0 Å². The molecule has 1 atom stereocenters. The molecule has 198 valence electrons. The van der Waals surface area contributed by atoms with Gasteiger partial charge in [-0.15, -0.1) is 11.6 Å². The van der Waals surface area contributed by atoms with Crippen molar-refractivity contribution in [2.24, 2.45) is 0 Å². The fourth-order valence-electron chi connectivity index (χ4n) is 4.36. The smallest absolute Gasteiger partial charge is 0.314 e. The van der Waals surface area contributed by atoms with Gasteiger partial charge in [0.2, 0.25) is 0 Å². The Hall–Kier alpha value is -0.520. The van der Waals surface area contributed by atoms with Crippen molar-refractivity contribution in [3.63, 3.8) is 0 Å². The molecule has 0 fully saturated rings. The monoisotopic (exact) mass is 490 g/mol. The third kappa shape index (κ3) is 24.4. The fraction of sp³-hybridized carbons (Fsp3) is 0.963. The van der Waals surface area contributed by atoms with Gasteiger partial charge < -0.3 is 20.2 Å². The lowest BCUT2D eigenvalue weighted by molar-refractivity contribution is -0.893. The first-order valence-electron chi connectivity index (χ1n) is 14.0. The molecule has 0 bridgehead atoms. The number of carbonyl (C=O) groups excluding carboxylic acids is 1. The van der Waals surface area contributed by atoms with E-state index < -0.39 is 6.10 Å². The number of hydrogen-bond acceptors (Lipinski definition) is 2. The highest BCUT2D eigenvalue weighted by atomic mass is 35.5. The van der Waals surface area contributed by atoms with E-state index in [1.54, 1.807) is 0 Å². The van der Waals surface area contributed by atoms with Crippen LogP contribution in [0.2, 0.25) is 0 Å². The average molecular weight is 491 g/mol. The molecule has 0 aromatic rings. The first-order valence-corrected chi connectivity index (χ1v) is 14.5. The third-order valence-electron chi connectivity index (χ3n) is 6.42. The highest BCUT2D eigenvalue weighted by Crippen LogP contribution is 2.13. The molecule has 1 unspecified atom stereocenters. The van der Waals surface area contributed by atoms with Crippen molar-refractivity contribution >= 4 is 17.6 Å². The second-order valence-electron chi connectivity index (χ2n) is 10.5. The Morgan fingerprint density at radius 3 is 1.55 bits per heavy atom. The van der Waals surface area contributed by atoms with E-state index in [-0.39, 0.29) is 11.9 Å². The Labute approximate surface area is 211 Å². The number of amides is 2. The van der Waals surface area contributed by atoms with Crippen molar-refractivity contribution in [3.8, 4) is 0 Å². The number of nitrogens with zero attached hydrogens (tertiary/aromatic N) is 1. The highest BCUT2D eigenvalue weighted by Gasteiger charge is 2.19. The second kappa shape index (κ2) is 23.2. The number of hydrogen-bond donors (Lipinski definition) is 3. The van der Waals surface area contributed by atoms with E-state index in [9.17, 15) is 9.90 Å². The van der Waals surface area contributed by atoms with Crippen molar-refractivity contribution in [3.05, 3.63) is 0 Å². The van der Waals surface area contributed by atoms with E-state index >= 15 is 0 Å². The number of urea groups is 1. The normalized spacial score (nSPS) is 12.6. The Balaban J connectivity index is 3.31. The molecule has 0 aliphatic carbocycles. The van der Waals surface area contributed by atoms with Crippen LogP contribution >= 0.6 is 11.6 Å². The standard InChI is InChI=1S/C27H56ClN3O2/c1-4-5-6-7-8-9-10-11-12-13-14-15-16-17-18-19-21-29-27(33)30-22-20-23-31(2,3)25-26(32)24-28/h26,32H,4-25H2,1-3H3,(H-,29,30,33)/p+1. The number of unbranched alkanes of at least 4 members (excludes halogenated alkanes) is 15. The van der Waals surface area contributed by atoms with Crippen LogP contribution in [0.4, 0.5) is 4.79 Å². The Morgan fingerprint density at radius 1 is 0.727 bits per heavy atom. The summed E-state index contributed by atoms with van der Waals surface area (Å²) in [6.45, 7) is 5.22. The van der Waals surface area contributed by atoms with Gasteiger partial charge in [0.25, 0.3) is 0 Å². The van der Waals surface area contributed by atoms with Crippen molar-refractivity contribution in [1.82, 2.24) is 10.6 Å². The third-order valence-corrected chi connectivity index (χ3v) is 6.78. The summed E-state index contributed by atoms with van der Waals surface area (Å²) in [6, 6.07) is -0.0675. The summed E-state index contributed by atoms with van der Waals surface area (Å²) in [5.41, 5.74) is 0. The number of aliphatic hydroxyl groups excluding tert-OH is 1. The maximum atomic E-state index is 11.9. The summed E-state index contributed by atoms with van der Waals surface area (Å²) in [6.07, 6.45) is 22.2. The van der Waals surface area contributed by atoms with Crippen LogP contribution in [0.1, 0.15) is 116 Å². The van der Waals surface area contributed by atoms with E-state index in [0.29, 0.717) is 17.6 Å². The van der Waals surface area contributed by atoms with Crippen molar-refractivity contribution in [2.45, 2.75) is 122 Å². The molecule has 0 saturated heterocycles. The summed E-state index contributed by atoms with van der Waals surface area (Å²) < 4.78 is 0.705. The van der Waals surface area contributed by atoms with Crippen molar-refractivity contribution in [2.75, 3.05) is 46.2 Å². The topological polar surface area (TPSA) is 61.4 Å². The Kier molecular flexibility index (Phi) is 22.9. The molecule has 0 radical (unpaired) electrons. The second-order valence-corrected chi connectivity index (χ2v) is 10.8. The van der Waals surface area contributed by atoms with E-state index in [2.05, 4.69) is 31.7 Å². The molecule has 0 saturated carbocycles. The SMILES string of the molecule is CCCCCCCCCCCCCCCCCCNC(=O)NCCC[N+](C)(C)CC(O)CCl. The summed E-state index contributed by atoms with van der Waals surface area (Å²) in [7, 11) is 4.15. The molecule has 0 aromatic carbocycles. The molecule has 0 spiro atoms. The number of likely N-dealkylation sites (N-methyl/N-ethyl adjacent to an activating group) is 1. The lowest BCUT2D eigenvalue weighted by atomic mass is 10.0. The zero-order valence-electron chi connectivity index (χ0n) is 22.3. The molecule has 3 N–H and O–H groups in total. The summed E-state index contributed by atoms with van der Waals surface area (Å²) in [4.78, 5) is 11.9. The number of nitrogens with one attached hydrogen (secondary N) is 2. The van der Waals surface area contributed by atoms with Crippen LogP contribution in [-0.4, -0.2) is 67.9 Å². The van der Waals surface area contributed by atoms with Crippen molar-refractivity contribution < 1.29 is 14.4 Å². The molecule has 5 nitrogen and oxygen atoms in total. The van der Waals surface area contributed by atoms with E-state index in [1.807, 2.05) is 0 Å². The fourth-order valence-corrected chi connectivity index (χ4v) is 4.45. The van der Waals surface area contributed by atoms with E-state index in [1.165, 1.54) is 96.3 Å². The maximum Gasteiger partial charge on any atom is 0.314 e. The minimum atomic E-state index is -0.474. The van der Waals surface area contributed by atoms with Crippen LogP contribution in [0, 0.1) is 0 Å². The number of quaternary nitrogens is 1. The largest absolute Gasteiger partial charge is 0.386 e. The Bertz CT molecular complexity index is 436. The molecule has 0 aliphatic heterocycles. The van der Waals surface area contributed by atoms with Crippen LogP contribution < -0.4 is 10.6 Å². The van der Waals surface area contributed by atoms with Crippen LogP contribution in [0.5, 0.6) is 0 Å². The lowest BCUT2D eigenvalue weighted by Crippen LogP contribution is -2.47. The molecule has 2 amide bonds. The van der Waals surface area contributed by atoms with Gasteiger partial charge in [0.15, 0.2) is 0 Å². The zero-order valence-corrected chi connectivity index (χ0v) is 23.1. The number of aliphatic hydroxyl groups is 1. The number of carbonyl (C=O) groups is 1. The van der Waals surface area contributed by atoms with Crippen LogP contribution in [-0.2, 0) is 0 Å². The van der Waals surface area contributed by atoms with Gasteiger partial charge in [-0.1, -0.05) is 103 Å². The molecular weight excluding hydrogens is 434 g/mol. The van der Waals surface area contributed by atoms with Gasteiger partial charge in [-0.2, -0.15) is 0 Å². The van der Waals surface area contributed by atoms with Gasteiger partial charge in [-0.25, -0.2) is 4.79 Å². The molecule has 33 heavy (non-hydrogen) atoms. The van der Waals surface area contributed by atoms with E-state index in [0.717, 1.165) is 25.9 Å². The molecule has 0 aliphatic rings. The van der Waals surface area contributed by atoms with Crippen LogP contribution in [0.15, 0.2) is 0 Å². The van der Waals surface area contributed by atoms with E-state index in [4.69, 9.17) is 11.6 Å². The molecule has 0 rings (SSSR count). The van der Waals surface area contributed by atoms with Gasteiger partial charge in [0, 0.05) is 19.5 Å². The minimum Gasteiger partial charge on any atom is -0.386 e. The Morgan fingerprint density at radius 2 is 1.12 bits per heavy atom. The summed E-state index contributed by atoms with van der Waals surface area (Å²) in [5.74, 6) is 0.266. The van der Waals surface area contributed by atoms with Gasteiger partial charge >= 0.3 is 6.03 Å². The summed E-state index contributed by atoms with van der Waals surface area (Å²) in [5, 5.41) is 15.6. The van der Waals surface area contributed by atoms with Crippen molar-refractivity contribution in [1.29, 1.82) is 0 Å². The number of alkyl halides is 1. The maximum absolute atomic E-state index is 11.9. The van der Waals surface area contributed by atoms with Gasteiger partial charge in [0.05, 0.1) is 26.5 Å². The predicted molar refractivity (Wildman–Crippen MR) is 144 cm³/mol. The van der Waals surface area contributed by atoms with Gasteiger partial charge in [-0.05, 0) is 6.42 Å². The molecule has 0 heterocycles. The first-order chi connectivity index (χ1) is 15.9. The number of halogens is 1.